The molecule has 1 N–H and O–H groups in total. The van der Waals surface area contributed by atoms with Gasteiger partial charge in [0.1, 0.15) is 11.5 Å². The van der Waals surface area contributed by atoms with Gasteiger partial charge in [-0.15, -0.1) is 0 Å². The number of anilines is 2. The fourth-order valence-electron chi connectivity index (χ4n) is 2.15. The quantitative estimate of drug-likeness (QED) is 0.713. The Morgan fingerprint density at radius 1 is 1.16 bits per heavy atom. The Bertz CT molecular complexity index is 917. The Kier molecular flexibility index (Phi) is 4.42. The zero-order chi connectivity index (χ0) is 18.0. The fraction of sp³-hybridized carbons (Fsp3) is 0.0588. The van der Waals surface area contributed by atoms with E-state index in [1.54, 1.807) is 18.2 Å². The van der Waals surface area contributed by atoms with Crippen molar-refractivity contribution in [3.8, 4) is 11.3 Å². The van der Waals surface area contributed by atoms with Crippen molar-refractivity contribution in [1.82, 2.24) is 4.98 Å². The first-order valence-corrected chi connectivity index (χ1v) is 7.04. The Morgan fingerprint density at radius 3 is 2.56 bits per heavy atom. The van der Waals surface area contributed by atoms with Gasteiger partial charge in [-0.3, -0.25) is 0 Å². The number of aromatic nitrogens is 1. The van der Waals surface area contributed by atoms with Crippen LogP contribution in [0, 0.1) is 17.5 Å². The third kappa shape index (κ3) is 3.47. The maximum atomic E-state index is 13.6. The monoisotopic (exact) mass is 348 g/mol. The van der Waals surface area contributed by atoms with Crippen LogP contribution in [-0.4, -0.2) is 18.1 Å². The largest absolute Gasteiger partial charge is 0.465 e. The van der Waals surface area contributed by atoms with Crippen LogP contribution in [0.25, 0.3) is 11.3 Å². The number of nitrogens with zero attached hydrogens (tertiary/aromatic N) is 1. The smallest absolute Gasteiger partial charge is 0.337 e. The topological polar surface area (TPSA) is 64.4 Å². The van der Waals surface area contributed by atoms with E-state index >= 15 is 0 Å². The molecule has 1 heterocycles. The van der Waals surface area contributed by atoms with Crippen molar-refractivity contribution in [2.75, 3.05) is 12.4 Å². The molecule has 0 radical (unpaired) electrons. The van der Waals surface area contributed by atoms with Gasteiger partial charge in [0.2, 0.25) is 0 Å². The summed E-state index contributed by atoms with van der Waals surface area (Å²) in [6.45, 7) is 0. The molecule has 0 unspecified atom stereocenters. The first-order valence-electron chi connectivity index (χ1n) is 7.04. The van der Waals surface area contributed by atoms with Gasteiger partial charge in [-0.05, 0) is 12.1 Å². The summed E-state index contributed by atoms with van der Waals surface area (Å²) in [5.41, 5.74) is 0.239. The van der Waals surface area contributed by atoms with E-state index in [4.69, 9.17) is 4.42 Å². The van der Waals surface area contributed by atoms with Crippen molar-refractivity contribution in [2.45, 2.75) is 0 Å². The summed E-state index contributed by atoms with van der Waals surface area (Å²) in [6.07, 6.45) is 1.32. The molecule has 0 saturated heterocycles. The number of halogens is 3. The van der Waals surface area contributed by atoms with E-state index < -0.39 is 29.1 Å². The molecule has 3 aromatic rings. The molecule has 25 heavy (non-hydrogen) atoms. The molecular formula is C17H11F3N2O3. The minimum atomic E-state index is -1.12. The van der Waals surface area contributed by atoms with Gasteiger partial charge < -0.3 is 14.5 Å². The number of nitrogens with one attached hydrogen (secondary N) is 1. The van der Waals surface area contributed by atoms with Crippen molar-refractivity contribution in [1.29, 1.82) is 0 Å². The average Bonchev–Trinajstić information content (AvgIpc) is 3.06. The van der Waals surface area contributed by atoms with Gasteiger partial charge in [0.05, 0.1) is 18.9 Å². The predicted molar refractivity (Wildman–Crippen MR) is 82.9 cm³/mol. The molecule has 5 nitrogen and oxygen atoms in total. The molecule has 0 atom stereocenters. The van der Waals surface area contributed by atoms with Crippen LogP contribution in [0.15, 0.2) is 47.0 Å². The standard InChI is InChI=1S/C17H11F3N2O3/c1-24-16(23)10-4-2-3-9(5-10)14-8-21-17(25-14)22-15-12(19)6-11(18)7-13(15)20/h2-8H,1H3,(H,21,22). The van der Waals surface area contributed by atoms with E-state index in [-0.39, 0.29) is 11.8 Å². The predicted octanol–water partition coefficient (Wildman–Crippen LogP) is 4.29. The summed E-state index contributed by atoms with van der Waals surface area (Å²) in [5, 5.41) is 2.32. The van der Waals surface area contributed by atoms with Gasteiger partial charge in [0.15, 0.2) is 17.4 Å². The highest BCUT2D eigenvalue weighted by Crippen LogP contribution is 2.28. The lowest BCUT2D eigenvalue weighted by Crippen LogP contribution is -2.00. The SMILES string of the molecule is COC(=O)c1cccc(-c2cnc(Nc3c(F)cc(F)cc3F)o2)c1. The molecule has 0 aliphatic carbocycles. The van der Waals surface area contributed by atoms with Crippen LogP contribution < -0.4 is 5.32 Å². The lowest BCUT2D eigenvalue weighted by atomic mass is 10.1. The van der Waals surface area contributed by atoms with Crippen molar-refractivity contribution in [2.24, 2.45) is 0 Å². The molecule has 0 bridgehead atoms. The Labute approximate surface area is 140 Å². The lowest BCUT2D eigenvalue weighted by molar-refractivity contribution is 0.0601. The highest BCUT2D eigenvalue weighted by Gasteiger charge is 2.15. The van der Waals surface area contributed by atoms with Gasteiger partial charge in [-0.2, -0.15) is 0 Å². The van der Waals surface area contributed by atoms with Crippen LogP contribution in [0.3, 0.4) is 0 Å². The number of ether oxygens (including phenoxy) is 1. The lowest BCUT2D eigenvalue weighted by Gasteiger charge is -2.05. The zero-order valence-electron chi connectivity index (χ0n) is 12.8. The van der Waals surface area contributed by atoms with E-state index in [0.29, 0.717) is 23.3 Å². The average molecular weight is 348 g/mol. The van der Waals surface area contributed by atoms with Crippen LogP contribution in [0.1, 0.15) is 10.4 Å². The van der Waals surface area contributed by atoms with E-state index in [0.717, 1.165) is 0 Å². The second kappa shape index (κ2) is 6.68. The number of hydrogen-bond donors (Lipinski definition) is 1. The minimum Gasteiger partial charge on any atom is -0.465 e. The Morgan fingerprint density at radius 2 is 1.88 bits per heavy atom. The summed E-state index contributed by atoms with van der Waals surface area (Å²) in [5.74, 6) is -3.53. The van der Waals surface area contributed by atoms with Gasteiger partial charge in [-0.1, -0.05) is 12.1 Å². The van der Waals surface area contributed by atoms with Gasteiger partial charge in [-0.25, -0.2) is 22.9 Å². The minimum absolute atomic E-state index is 0.192. The van der Waals surface area contributed by atoms with Gasteiger partial charge >= 0.3 is 5.97 Å². The molecule has 0 aliphatic heterocycles. The summed E-state index contributed by atoms with van der Waals surface area (Å²) < 4.78 is 50.2. The van der Waals surface area contributed by atoms with Crippen molar-refractivity contribution < 1.29 is 27.1 Å². The molecule has 0 saturated carbocycles. The number of benzene rings is 2. The summed E-state index contributed by atoms with van der Waals surface area (Å²) in [6, 6.07) is 7.25. The normalized spacial score (nSPS) is 10.6. The maximum Gasteiger partial charge on any atom is 0.337 e. The molecule has 0 aliphatic rings. The number of esters is 1. The first-order chi connectivity index (χ1) is 12.0. The number of rotatable bonds is 4. The molecule has 3 rings (SSSR count). The molecule has 0 fully saturated rings. The number of carbonyl (C=O) groups excluding carboxylic acids is 1. The van der Waals surface area contributed by atoms with E-state index in [1.807, 2.05) is 0 Å². The summed E-state index contributed by atoms with van der Waals surface area (Å²) >= 11 is 0. The van der Waals surface area contributed by atoms with Gasteiger partial charge in [0.25, 0.3) is 6.01 Å². The third-order valence-electron chi connectivity index (χ3n) is 3.31. The summed E-state index contributed by atoms with van der Waals surface area (Å²) in [4.78, 5) is 15.4. The molecule has 0 amide bonds. The van der Waals surface area contributed by atoms with Crippen molar-refractivity contribution in [3.05, 3.63) is 65.6 Å². The van der Waals surface area contributed by atoms with Crippen LogP contribution in [0.2, 0.25) is 0 Å². The number of oxazole rings is 1. The van der Waals surface area contributed by atoms with Crippen molar-refractivity contribution in [3.63, 3.8) is 0 Å². The van der Waals surface area contributed by atoms with Crippen LogP contribution in [0.4, 0.5) is 24.9 Å². The molecule has 128 valence electrons. The highest BCUT2D eigenvalue weighted by molar-refractivity contribution is 5.90. The van der Waals surface area contributed by atoms with Crippen molar-refractivity contribution >= 4 is 17.7 Å². The molecular weight excluding hydrogens is 337 g/mol. The Hall–Kier alpha value is -3.29. The fourth-order valence-corrected chi connectivity index (χ4v) is 2.15. The number of carbonyl (C=O) groups is 1. The molecule has 0 spiro atoms. The zero-order valence-corrected chi connectivity index (χ0v) is 12.8. The van der Waals surface area contributed by atoms with E-state index in [1.165, 1.54) is 19.4 Å². The second-order valence-corrected chi connectivity index (χ2v) is 4.97. The van der Waals surface area contributed by atoms with E-state index in [2.05, 4.69) is 15.0 Å². The van der Waals surface area contributed by atoms with E-state index in [9.17, 15) is 18.0 Å². The summed E-state index contributed by atoms with van der Waals surface area (Å²) in [7, 11) is 1.26. The molecule has 1 aromatic heterocycles. The number of hydrogen-bond acceptors (Lipinski definition) is 5. The molecule has 8 heteroatoms. The highest BCUT2D eigenvalue weighted by atomic mass is 19.1. The van der Waals surface area contributed by atoms with Gasteiger partial charge in [0, 0.05) is 17.7 Å². The molecule has 2 aromatic carbocycles. The third-order valence-corrected chi connectivity index (χ3v) is 3.31. The van der Waals surface area contributed by atoms with Crippen LogP contribution in [0.5, 0.6) is 0 Å². The van der Waals surface area contributed by atoms with Crippen LogP contribution >= 0.6 is 0 Å². The Balaban J connectivity index is 1.88. The number of methoxy groups -OCH3 is 1. The second-order valence-electron chi connectivity index (χ2n) is 4.97. The first kappa shape index (κ1) is 16.6. The van der Waals surface area contributed by atoms with Crippen LogP contribution in [-0.2, 0) is 4.74 Å². The maximum absolute atomic E-state index is 13.6.